The summed E-state index contributed by atoms with van der Waals surface area (Å²) < 4.78 is 1.91. The number of hydrogen-bond donors (Lipinski definition) is 1. The van der Waals surface area contributed by atoms with Crippen molar-refractivity contribution in [1.29, 1.82) is 0 Å². The fourth-order valence-electron chi connectivity index (χ4n) is 1.28. The summed E-state index contributed by atoms with van der Waals surface area (Å²) >= 11 is 1.91. The lowest BCUT2D eigenvalue weighted by Crippen LogP contribution is -2.04. The molecule has 0 aliphatic rings. The molecule has 0 bridgehead atoms. The zero-order valence-corrected chi connectivity index (χ0v) is 9.63. The van der Waals surface area contributed by atoms with Crippen LogP contribution in [-0.4, -0.2) is 32.5 Å². The van der Waals surface area contributed by atoms with Crippen LogP contribution in [0.3, 0.4) is 0 Å². The minimum absolute atomic E-state index is 0.292. The molecule has 3 nitrogen and oxygen atoms in total. The Bertz CT molecular complexity index is 262. The van der Waals surface area contributed by atoms with E-state index in [1.54, 1.807) is 0 Å². The van der Waals surface area contributed by atoms with Gasteiger partial charge in [0.1, 0.15) is 0 Å². The monoisotopic (exact) mass is 214 g/mol. The van der Waals surface area contributed by atoms with E-state index in [1.807, 2.05) is 29.7 Å². The molecule has 1 unspecified atom stereocenters. The topological polar surface area (TPSA) is 38.1 Å². The Morgan fingerprint density at radius 3 is 3.00 bits per heavy atom. The number of rotatable bonds is 6. The lowest BCUT2D eigenvalue weighted by molar-refractivity contribution is 0.289. The van der Waals surface area contributed by atoms with Gasteiger partial charge in [-0.2, -0.15) is 16.9 Å². The van der Waals surface area contributed by atoms with Crippen LogP contribution in [0.25, 0.3) is 0 Å². The molecule has 0 saturated carbocycles. The third-order valence-corrected chi connectivity index (χ3v) is 3.46. The van der Waals surface area contributed by atoms with E-state index < -0.39 is 0 Å². The van der Waals surface area contributed by atoms with Crippen LogP contribution < -0.4 is 0 Å². The molecule has 1 N–H and O–H groups in total. The number of thioether (sulfide) groups is 1. The molecule has 0 radical (unpaired) electrons. The Balaban J connectivity index is 2.19. The maximum atomic E-state index is 8.74. The second kappa shape index (κ2) is 6.09. The van der Waals surface area contributed by atoms with Gasteiger partial charge in [-0.05, 0) is 24.7 Å². The van der Waals surface area contributed by atoms with Crippen LogP contribution in [0.2, 0.25) is 0 Å². The maximum Gasteiger partial charge on any atom is 0.0492 e. The van der Waals surface area contributed by atoms with E-state index in [2.05, 4.69) is 18.1 Å². The van der Waals surface area contributed by atoms with Crippen LogP contribution >= 0.6 is 11.8 Å². The molecular weight excluding hydrogens is 196 g/mol. The molecule has 1 aromatic rings. The molecule has 0 saturated heterocycles. The molecule has 80 valence electrons. The zero-order chi connectivity index (χ0) is 10.4. The number of aliphatic hydroxyl groups is 1. The van der Waals surface area contributed by atoms with Crippen LogP contribution in [0.4, 0.5) is 0 Å². The molecule has 0 spiro atoms. The van der Waals surface area contributed by atoms with E-state index in [0.717, 1.165) is 18.6 Å². The van der Waals surface area contributed by atoms with Crippen LogP contribution in [0.5, 0.6) is 0 Å². The van der Waals surface area contributed by atoms with Gasteiger partial charge in [0.25, 0.3) is 0 Å². The first-order chi connectivity index (χ1) is 6.74. The Labute approximate surface area is 89.5 Å². The largest absolute Gasteiger partial charge is 0.396 e. The first-order valence-electron chi connectivity index (χ1n) is 4.93. The van der Waals surface area contributed by atoms with Crippen molar-refractivity contribution >= 4 is 11.8 Å². The number of nitrogens with zero attached hydrogens (tertiary/aromatic N) is 2. The summed E-state index contributed by atoms with van der Waals surface area (Å²) in [6.45, 7) is 2.45. The van der Waals surface area contributed by atoms with Crippen molar-refractivity contribution in [2.24, 2.45) is 7.05 Å². The van der Waals surface area contributed by atoms with Crippen LogP contribution in [0, 0.1) is 0 Å². The van der Waals surface area contributed by atoms with E-state index in [9.17, 15) is 0 Å². The molecular formula is C10H18N2OS. The molecule has 0 amide bonds. The van der Waals surface area contributed by atoms with Gasteiger partial charge in [0, 0.05) is 30.8 Å². The summed E-state index contributed by atoms with van der Waals surface area (Å²) in [5, 5.41) is 13.4. The van der Waals surface area contributed by atoms with Crippen molar-refractivity contribution in [3.05, 3.63) is 18.0 Å². The minimum atomic E-state index is 0.292. The van der Waals surface area contributed by atoms with Crippen molar-refractivity contribution in [3.8, 4) is 0 Å². The quantitative estimate of drug-likeness (QED) is 0.779. The highest BCUT2D eigenvalue weighted by Gasteiger charge is 2.03. The second-order valence-electron chi connectivity index (χ2n) is 3.39. The van der Waals surface area contributed by atoms with Crippen molar-refractivity contribution in [3.63, 3.8) is 0 Å². The Hall–Kier alpha value is -0.480. The highest BCUT2D eigenvalue weighted by molar-refractivity contribution is 7.99. The number of aromatic nitrogens is 2. The standard InChI is InChI=1S/C10H18N2OS/c1-9(4-7-13)14-8-5-10-3-6-11-12(10)2/h3,6,9,13H,4-5,7-8H2,1-2H3. The van der Waals surface area contributed by atoms with E-state index in [-0.39, 0.29) is 0 Å². The molecule has 4 heteroatoms. The SMILES string of the molecule is CC(CCO)SCCc1ccnn1C. The van der Waals surface area contributed by atoms with Crippen molar-refractivity contribution in [1.82, 2.24) is 9.78 Å². The summed E-state index contributed by atoms with van der Waals surface area (Å²) in [5.74, 6) is 1.10. The van der Waals surface area contributed by atoms with Gasteiger partial charge in [0.2, 0.25) is 0 Å². The average Bonchev–Trinajstić information content (AvgIpc) is 2.52. The fraction of sp³-hybridized carbons (Fsp3) is 0.700. The lowest BCUT2D eigenvalue weighted by Gasteiger charge is -2.08. The van der Waals surface area contributed by atoms with Crippen molar-refractivity contribution in [2.75, 3.05) is 12.4 Å². The first kappa shape index (κ1) is 11.6. The predicted octanol–water partition coefficient (Wildman–Crippen LogP) is 1.47. The lowest BCUT2D eigenvalue weighted by atomic mass is 10.3. The van der Waals surface area contributed by atoms with E-state index in [0.29, 0.717) is 11.9 Å². The summed E-state index contributed by atoms with van der Waals surface area (Å²) in [4.78, 5) is 0. The minimum Gasteiger partial charge on any atom is -0.396 e. The molecule has 0 aromatic carbocycles. The van der Waals surface area contributed by atoms with Crippen molar-refractivity contribution in [2.45, 2.75) is 25.0 Å². The third kappa shape index (κ3) is 3.72. The predicted molar refractivity (Wildman–Crippen MR) is 60.5 cm³/mol. The van der Waals surface area contributed by atoms with Gasteiger partial charge in [-0.15, -0.1) is 0 Å². The van der Waals surface area contributed by atoms with Gasteiger partial charge in [-0.25, -0.2) is 0 Å². The zero-order valence-electron chi connectivity index (χ0n) is 8.81. The highest BCUT2D eigenvalue weighted by Crippen LogP contribution is 2.15. The molecule has 1 atom stereocenters. The number of aliphatic hydroxyl groups excluding tert-OH is 1. The number of hydrogen-bond acceptors (Lipinski definition) is 3. The Morgan fingerprint density at radius 2 is 2.43 bits per heavy atom. The summed E-state index contributed by atoms with van der Waals surface area (Å²) in [6.07, 6.45) is 3.77. The van der Waals surface area contributed by atoms with Gasteiger partial charge in [-0.3, -0.25) is 4.68 Å². The van der Waals surface area contributed by atoms with Crippen LogP contribution in [0.1, 0.15) is 19.0 Å². The maximum absolute atomic E-state index is 8.74. The molecule has 1 aromatic heterocycles. The molecule has 0 aliphatic heterocycles. The fourth-order valence-corrected chi connectivity index (χ4v) is 2.28. The van der Waals surface area contributed by atoms with Crippen molar-refractivity contribution < 1.29 is 5.11 Å². The van der Waals surface area contributed by atoms with Crippen LogP contribution in [-0.2, 0) is 13.5 Å². The third-order valence-electron chi connectivity index (χ3n) is 2.22. The summed E-state index contributed by atoms with van der Waals surface area (Å²) in [6, 6.07) is 2.05. The molecule has 1 rings (SSSR count). The van der Waals surface area contributed by atoms with E-state index in [4.69, 9.17) is 5.11 Å². The van der Waals surface area contributed by atoms with Crippen LogP contribution in [0.15, 0.2) is 12.3 Å². The van der Waals surface area contributed by atoms with Gasteiger partial charge in [-0.1, -0.05) is 6.92 Å². The van der Waals surface area contributed by atoms with E-state index >= 15 is 0 Å². The van der Waals surface area contributed by atoms with Gasteiger partial charge >= 0.3 is 0 Å². The Morgan fingerprint density at radius 1 is 1.64 bits per heavy atom. The highest BCUT2D eigenvalue weighted by atomic mass is 32.2. The molecule has 1 heterocycles. The molecule has 0 fully saturated rings. The molecule has 14 heavy (non-hydrogen) atoms. The van der Waals surface area contributed by atoms with E-state index in [1.165, 1.54) is 5.69 Å². The molecule has 0 aliphatic carbocycles. The van der Waals surface area contributed by atoms with Gasteiger partial charge in [0.15, 0.2) is 0 Å². The first-order valence-corrected chi connectivity index (χ1v) is 5.98. The van der Waals surface area contributed by atoms with Gasteiger partial charge < -0.3 is 5.11 Å². The Kier molecular flexibility index (Phi) is 5.04. The second-order valence-corrected chi connectivity index (χ2v) is 4.94. The summed E-state index contributed by atoms with van der Waals surface area (Å²) in [7, 11) is 1.97. The number of aryl methyl sites for hydroxylation is 2. The summed E-state index contributed by atoms with van der Waals surface area (Å²) in [5.41, 5.74) is 1.27. The smallest absolute Gasteiger partial charge is 0.0492 e. The normalized spacial score (nSPS) is 13.1. The van der Waals surface area contributed by atoms with Gasteiger partial charge in [0.05, 0.1) is 0 Å². The average molecular weight is 214 g/mol.